The summed E-state index contributed by atoms with van der Waals surface area (Å²) >= 11 is 0. The van der Waals surface area contributed by atoms with E-state index in [9.17, 15) is 13.2 Å². The predicted octanol–water partition coefficient (Wildman–Crippen LogP) is 4.61. The molecular formula is C22H23F3N6O2. The van der Waals surface area contributed by atoms with E-state index in [1.165, 1.54) is 17.5 Å². The molecule has 4 aromatic rings. The van der Waals surface area contributed by atoms with Crippen molar-refractivity contribution < 1.29 is 22.4 Å². The summed E-state index contributed by atoms with van der Waals surface area (Å²) < 4.78 is 53.1. The third-order valence-corrected chi connectivity index (χ3v) is 5.27. The fourth-order valence-corrected chi connectivity index (χ4v) is 3.74. The van der Waals surface area contributed by atoms with Crippen LogP contribution >= 0.6 is 0 Å². The van der Waals surface area contributed by atoms with E-state index < -0.39 is 18.6 Å². The summed E-state index contributed by atoms with van der Waals surface area (Å²) in [6.07, 6.45) is -5.05. The molecule has 0 aliphatic heterocycles. The topological polar surface area (TPSA) is 90.4 Å². The first-order valence-electron chi connectivity index (χ1n) is 10.2. The first kappa shape index (κ1) is 22.6. The van der Waals surface area contributed by atoms with Crippen molar-refractivity contribution in [2.75, 3.05) is 12.4 Å². The van der Waals surface area contributed by atoms with E-state index in [4.69, 9.17) is 9.26 Å². The number of aryl methyl sites for hydroxylation is 4. The highest BCUT2D eigenvalue weighted by Gasteiger charge is 2.41. The van der Waals surface area contributed by atoms with Crippen molar-refractivity contribution in [1.29, 1.82) is 0 Å². The number of fused-ring (bicyclic) bond motifs is 1. The Morgan fingerprint density at radius 3 is 2.48 bits per heavy atom. The lowest BCUT2D eigenvalue weighted by Gasteiger charge is -2.22. The third-order valence-electron chi connectivity index (χ3n) is 5.27. The van der Waals surface area contributed by atoms with E-state index in [-0.39, 0.29) is 17.5 Å². The van der Waals surface area contributed by atoms with Gasteiger partial charge in [-0.05, 0) is 44.0 Å². The number of benzene rings is 1. The molecule has 8 nitrogen and oxygen atoms in total. The molecule has 11 heteroatoms. The van der Waals surface area contributed by atoms with Crippen LogP contribution in [-0.2, 0) is 6.42 Å². The fraction of sp³-hybridized carbons (Fsp3) is 0.364. The van der Waals surface area contributed by atoms with E-state index in [0.717, 1.165) is 16.7 Å². The van der Waals surface area contributed by atoms with Gasteiger partial charge in [0.05, 0.1) is 12.8 Å². The van der Waals surface area contributed by atoms with E-state index in [1.807, 2.05) is 25.1 Å². The number of halogens is 3. The number of ether oxygens (including phenoxy) is 1. The van der Waals surface area contributed by atoms with Gasteiger partial charge in [-0.1, -0.05) is 11.2 Å². The molecule has 0 aliphatic rings. The van der Waals surface area contributed by atoms with Crippen LogP contribution in [0.3, 0.4) is 0 Å². The lowest BCUT2D eigenvalue weighted by Crippen LogP contribution is -2.39. The van der Waals surface area contributed by atoms with Gasteiger partial charge in [0.1, 0.15) is 17.6 Å². The van der Waals surface area contributed by atoms with Gasteiger partial charge in [0.2, 0.25) is 5.89 Å². The van der Waals surface area contributed by atoms with Crippen molar-refractivity contribution in [1.82, 2.24) is 24.7 Å². The number of hydrogen-bond acceptors (Lipinski definition) is 7. The van der Waals surface area contributed by atoms with Gasteiger partial charge in [0.15, 0.2) is 11.5 Å². The Bertz CT molecular complexity index is 1310. The van der Waals surface area contributed by atoms with Crippen molar-refractivity contribution in [3.8, 4) is 16.9 Å². The SMILES string of the molecule is COc1ccc(-c2c(C)nn3c(N[C@@H](Cc4noc(C)n4)C(F)(F)F)cc(C)nc23)c(C)c1. The number of nitrogens with zero attached hydrogens (tertiary/aromatic N) is 5. The Kier molecular flexibility index (Phi) is 5.73. The summed E-state index contributed by atoms with van der Waals surface area (Å²) in [6.45, 7) is 6.99. The van der Waals surface area contributed by atoms with Gasteiger partial charge >= 0.3 is 6.18 Å². The van der Waals surface area contributed by atoms with Gasteiger partial charge in [0, 0.05) is 30.7 Å². The number of methoxy groups -OCH3 is 1. The number of anilines is 1. The van der Waals surface area contributed by atoms with Crippen LogP contribution in [0.1, 0.15) is 28.7 Å². The van der Waals surface area contributed by atoms with Gasteiger partial charge in [0.25, 0.3) is 0 Å². The normalized spacial score (nSPS) is 12.8. The summed E-state index contributed by atoms with van der Waals surface area (Å²) in [5, 5.41) is 10.7. The van der Waals surface area contributed by atoms with Crippen LogP contribution in [0.5, 0.6) is 5.75 Å². The second kappa shape index (κ2) is 8.38. The molecular weight excluding hydrogens is 437 g/mol. The van der Waals surface area contributed by atoms with Gasteiger partial charge in [-0.15, -0.1) is 0 Å². The van der Waals surface area contributed by atoms with Crippen molar-refractivity contribution in [2.45, 2.75) is 46.3 Å². The minimum atomic E-state index is -4.56. The zero-order valence-electron chi connectivity index (χ0n) is 18.8. The monoisotopic (exact) mass is 460 g/mol. The van der Waals surface area contributed by atoms with Crippen LogP contribution in [-0.4, -0.2) is 44.1 Å². The van der Waals surface area contributed by atoms with Crippen molar-refractivity contribution >= 4 is 11.5 Å². The minimum Gasteiger partial charge on any atom is -0.497 e. The number of aromatic nitrogens is 5. The van der Waals surface area contributed by atoms with Crippen LogP contribution in [0.15, 0.2) is 28.8 Å². The molecule has 3 aromatic heterocycles. The summed E-state index contributed by atoms with van der Waals surface area (Å²) in [5.74, 6) is 1.05. The van der Waals surface area contributed by atoms with Gasteiger partial charge in [-0.25, -0.2) is 4.98 Å². The average molecular weight is 460 g/mol. The molecule has 0 amide bonds. The van der Waals surface area contributed by atoms with Gasteiger partial charge < -0.3 is 14.6 Å². The molecule has 0 radical (unpaired) electrons. The largest absolute Gasteiger partial charge is 0.497 e. The zero-order valence-corrected chi connectivity index (χ0v) is 18.8. The molecule has 0 aliphatic carbocycles. The average Bonchev–Trinajstić information content (AvgIpc) is 3.29. The molecule has 0 spiro atoms. The van der Waals surface area contributed by atoms with E-state index in [0.29, 0.717) is 22.8 Å². The van der Waals surface area contributed by atoms with Crippen LogP contribution in [0.2, 0.25) is 0 Å². The van der Waals surface area contributed by atoms with Crippen LogP contribution < -0.4 is 10.1 Å². The van der Waals surface area contributed by atoms with Crippen LogP contribution in [0, 0.1) is 27.7 Å². The zero-order chi connectivity index (χ0) is 23.9. The van der Waals surface area contributed by atoms with Crippen LogP contribution in [0.4, 0.5) is 19.0 Å². The third kappa shape index (κ3) is 4.48. The van der Waals surface area contributed by atoms with E-state index >= 15 is 0 Å². The molecule has 4 rings (SSSR count). The number of nitrogens with one attached hydrogen (secondary N) is 1. The molecule has 0 unspecified atom stereocenters. The predicted molar refractivity (Wildman–Crippen MR) is 115 cm³/mol. The lowest BCUT2D eigenvalue weighted by atomic mass is 10.0. The smallest absolute Gasteiger partial charge is 0.409 e. The highest BCUT2D eigenvalue weighted by molar-refractivity contribution is 5.83. The molecule has 0 saturated heterocycles. The maximum atomic E-state index is 13.9. The van der Waals surface area contributed by atoms with Crippen molar-refractivity contribution in [3.63, 3.8) is 0 Å². The summed E-state index contributed by atoms with van der Waals surface area (Å²) in [6, 6.07) is 5.19. The highest BCUT2D eigenvalue weighted by Crippen LogP contribution is 2.34. The number of hydrogen-bond donors (Lipinski definition) is 1. The number of rotatable bonds is 6. The van der Waals surface area contributed by atoms with Gasteiger partial charge in [-0.2, -0.15) is 27.8 Å². The van der Waals surface area contributed by atoms with E-state index in [1.54, 1.807) is 21.0 Å². The number of alkyl halides is 3. The summed E-state index contributed by atoms with van der Waals surface area (Å²) in [4.78, 5) is 8.49. The summed E-state index contributed by atoms with van der Waals surface area (Å²) in [7, 11) is 1.59. The molecule has 0 fully saturated rings. The molecule has 1 aromatic carbocycles. The Labute approximate surface area is 187 Å². The van der Waals surface area contributed by atoms with Crippen molar-refractivity contribution in [2.24, 2.45) is 0 Å². The summed E-state index contributed by atoms with van der Waals surface area (Å²) in [5.41, 5.74) is 4.21. The molecule has 0 saturated carbocycles. The maximum absolute atomic E-state index is 13.9. The maximum Gasteiger partial charge on any atom is 0.409 e. The standard InChI is InChI=1S/C22H23F3N6O2/c1-11-8-15(32-5)6-7-16(11)20-13(3)29-31-19(9-12(2)26-21(20)31)28-17(22(23,24)25)10-18-27-14(4)33-30-18/h6-9,17,28H,10H2,1-5H3/t17-/m0/s1. The molecule has 1 N–H and O–H groups in total. The first-order valence-corrected chi connectivity index (χ1v) is 10.2. The Morgan fingerprint density at radius 2 is 1.88 bits per heavy atom. The first-order chi connectivity index (χ1) is 15.6. The Hall–Kier alpha value is -3.63. The highest BCUT2D eigenvalue weighted by atomic mass is 19.4. The second-order valence-electron chi connectivity index (χ2n) is 7.83. The fourth-order valence-electron chi connectivity index (χ4n) is 3.74. The van der Waals surface area contributed by atoms with Crippen molar-refractivity contribution in [3.05, 3.63) is 52.9 Å². The second-order valence-corrected chi connectivity index (χ2v) is 7.83. The Morgan fingerprint density at radius 1 is 1.12 bits per heavy atom. The molecule has 1 atom stereocenters. The molecule has 3 heterocycles. The lowest BCUT2D eigenvalue weighted by molar-refractivity contribution is -0.142. The van der Waals surface area contributed by atoms with Crippen LogP contribution in [0.25, 0.3) is 16.8 Å². The Balaban J connectivity index is 1.79. The van der Waals surface area contributed by atoms with E-state index in [2.05, 4.69) is 25.5 Å². The molecule has 0 bridgehead atoms. The minimum absolute atomic E-state index is 0.0319. The molecule has 174 valence electrons. The van der Waals surface area contributed by atoms with Gasteiger partial charge in [-0.3, -0.25) is 0 Å². The quantitative estimate of drug-likeness (QED) is 0.449. The molecule has 33 heavy (non-hydrogen) atoms.